The normalized spacial score (nSPS) is 25.4. The predicted octanol–water partition coefficient (Wildman–Crippen LogP) is 1.64. The van der Waals surface area contributed by atoms with E-state index in [4.69, 9.17) is 27.9 Å². The number of aliphatic hydroxyl groups excluding tert-OH is 3. The van der Waals surface area contributed by atoms with Crippen LogP contribution in [0.25, 0.3) is 11.0 Å². The molecule has 0 radical (unpaired) electrons. The highest BCUT2D eigenvalue weighted by molar-refractivity contribution is 6.42. The van der Waals surface area contributed by atoms with E-state index in [-0.39, 0.29) is 5.02 Å². The number of halogens is 2. The van der Waals surface area contributed by atoms with Gasteiger partial charge in [-0.15, -0.1) is 0 Å². The van der Waals surface area contributed by atoms with Crippen molar-refractivity contribution < 1.29 is 20.1 Å². The van der Waals surface area contributed by atoms with Gasteiger partial charge in [0.25, 0.3) is 0 Å². The van der Waals surface area contributed by atoms with Crippen molar-refractivity contribution in [3.05, 3.63) is 52.4 Å². The third-order valence-corrected chi connectivity index (χ3v) is 5.64. The van der Waals surface area contributed by atoms with E-state index in [0.29, 0.717) is 27.4 Å². The van der Waals surface area contributed by atoms with E-state index >= 15 is 0 Å². The van der Waals surface area contributed by atoms with E-state index in [1.54, 1.807) is 36.0 Å². The number of aromatic nitrogens is 3. The number of anilines is 1. The number of aliphatic hydroxyl groups is 3. The minimum absolute atomic E-state index is 0.269. The SMILES string of the molecule is CNNc1ncnc2c1ccn2[C@@H]1O[C@H](C(O)c2ccc(Cl)c(Cl)c2)[C@@H](O)[C@H]1O. The average Bonchev–Trinajstić information content (AvgIpc) is 3.26. The number of hydrogen-bond donors (Lipinski definition) is 5. The Labute approximate surface area is 175 Å². The van der Waals surface area contributed by atoms with Crippen molar-refractivity contribution in [1.29, 1.82) is 0 Å². The van der Waals surface area contributed by atoms with Crippen LogP contribution in [0.3, 0.4) is 0 Å². The van der Waals surface area contributed by atoms with Gasteiger partial charge in [-0.05, 0) is 23.8 Å². The third kappa shape index (κ3) is 3.55. The summed E-state index contributed by atoms with van der Waals surface area (Å²) in [7, 11) is 1.71. The van der Waals surface area contributed by atoms with Crippen molar-refractivity contribution >= 4 is 40.1 Å². The summed E-state index contributed by atoms with van der Waals surface area (Å²) in [6, 6.07) is 6.39. The first kappa shape index (κ1) is 20.3. The maximum atomic E-state index is 10.7. The molecule has 5 atom stereocenters. The summed E-state index contributed by atoms with van der Waals surface area (Å²) < 4.78 is 7.46. The maximum Gasteiger partial charge on any atom is 0.164 e. The summed E-state index contributed by atoms with van der Waals surface area (Å²) in [5.41, 5.74) is 6.61. The predicted molar refractivity (Wildman–Crippen MR) is 108 cm³/mol. The van der Waals surface area contributed by atoms with Gasteiger partial charge in [-0.3, -0.25) is 0 Å². The standard InChI is InChI=1S/C18H19Cl2N5O4/c1-21-24-16-9-4-5-25(17(9)23-7-22-16)18-14(28)13(27)15(29-18)12(26)8-2-3-10(19)11(20)6-8/h2-7,12-15,18,21,26-28H,1H3,(H,22,23,24)/t12?,13-,14+,15+,18+/m0/s1. The number of hydrogen-bond acceptors (Lipinski definition) is 8. The first-order chi connectivity index (χ1) is 13.9. The fourth-order valence-corrected chi connectivity index (χ4v) is 3.76. The molecule has 5 N–H and O–H groups in total. The van der Waals surface area contributed by atoms with Gasteiger partial charge >= 0.3 is 0 Å². The number of rotatable bonds is 5. The number of nitrogens with zero attached hydrogens (tertiary/aromatic N) is 3. The molecule has 1 fully saturated rings. The molecule has 4 rings (SSSR count). The molecule has 3 heterocycles. The lowest BCUT2D eigenvalue weighted by Gasteiger charge is -2.21. The molecule has 154 valence electrons. The van der Waals surface area contributed by atoms with E-state index in [0.717, 1.165) is 0 Å². The van der Waals surface area contributed by atoms with Gasteiger partial charge in [-0.2, -0.15) is 0 Å². The van der Waals surface area contributed by atoms with Gasteiger partial charge in [-0.25, -0.2) is 15.4 Å². The summed E-state index contributed by atoms with van der Waals surface area (Å²) >= 11 is 11.9. The van der Waals surface area contributed by atoms with E-state index in [1.165, 1.54) is 12.4 Å². The molecule has 0 aliphatic carbocycles. The van der Waals surface area contributed by atoms with E-state index in [1.807, 2.05) is 0 Å². The minimum atomic E-state index is -1.33. The molecule has 1 unspecified atom stereocenters. The Bertz CT molecular complexity index is 1030. The fraction of sp³-hybridized carbons (Fsp3) is 0.333. The molecule has 2 aromatic heterocycles. The van der Waals surface area contributed by atoms with Crippen LogP contribution in [0.4, 0.5) is 5.82 Å². The van der Waals surface area contributed by atoms with Crippen molar-refractivity contribution in [2.24, 2.45) is 0 Å². The summed E-state index contributed by atoms with van der Waals surface area (Å²) in [4.78, 5) is 8.41. The van der Waals surface area contributed by atoms with E-state index in [9.17, 15) is 15.3 Å². The molecule has 3 aromatic rings. The van der Waals surface area contributed by atoms with E-state index < -0.39 is 30.6 Å². The van der Waals surface area contributed by atoms with Gasteiger partial charge < -0.3 is 30.0 Å². The van der Waals surface area contributed by atoms with E-state index in [2.05, 4.69) is 20.8 Å². The molecule has 1 aromatic carbocycles. The number of nitrogens with one attached hydrogen (secondary N) is 2. The summed E-state index contributed by atoms with van der Waals surface area (Å²) in [6.45, 7) is 0. The molecule has 29 heavy (non-hydrogen) atoms. The van der Waals surface area contributed by atoms with Crippen LogP contribution < -0.4 is 10.9 Å². The lowest BCUT2D eigenvalue weighted by atomic mass is 9.99. The third-order valence-electron chi connectivity index (χ3n) is 4.90. The van der Waals surface area contributed by atoms with Crippen LogP contribution in [-0.2, 0) is 4.74 Å². The Morgan fingerprint density at radius 3 is 2.66 bits per heavy atom. The molecule has 0 spiro atoms. The monoisotopic (exact) mass is 439 g/mol. The van der Waals surface area contributed by atoms with Gasteiger partial charge in [-0.1, -0.05) is 29.3 Å². The molecular formula is C18H19Cl2N5O4. The highest BCUT2D eigenvalue weighted by Gasteiger charge is 2.47. The second-order valence-corrected chi connectivity index (χ2v) is 7.46. The maximum absolute atomic E-state index is 10.7. The fourth-order valence-electron chi connectivity index (χ4n) is 3.46. The Hall–Kier alpha value is -1.98. The quantitative estimate of drug-likeness (QED) is 0.380. The number of fused-ring (bicyclic) bond motifs is 1. The Morgan fingerprint density at radius 2 is 1.93 bits per heavy atom. The summed E-state index contributed by atoms with van der Waals surface area (Å²) in [5, 5.41) is 33.2. The zero-order chi connectivity index (χ0) is 20.7. The second-order valence-electron chi connectivity index (χ2n) is 6.65. The zero-order valence-electron chi connectivity index (χ0n) is 15.2. The Balaban J connectivity index is 1.64. The number of benzene rings is 1. The lowest BCUT2D eigenvalue weighted by molar-refractivity contribution is -0.0848. The van der Waals surface area contributed by atoms with Crippen LogP contribution in [0.1, 0.15) is 17.9 Å². The Morgan fingerprint density at radius 1 is 1.14 bits per heavy atom. The van der Waals surface area contributed by atoms with Crippen molar-refractivity contribution in [2.45, 2.75) is 30.6 Å². The molecule has 1 aliphatic rings. The van der Waals surface area contributed by atoms with Crippen molar-refractivity contribution in [3.63, 3.8) is 0 Å². The summed E-state index contributed by atoms with van der Waals surface area (Å²) in [6.07, 6.45) is -2.84. The van der Waals surface area contributed by atoms with Crippen LogP contribution >= 0.6 is 23.2 Å². The highest BCUT2D eigenvalue weighted by atomic mass is 35.5. The Kier molecular flexibility index (Phi) is 5.63. The van der Waals surface area contributed by atoms with Gasteiger partial charge in [0.1, 0.15) is 36.4 Å². The molecule has 9 nitrogen and oxygen atoms in total. The minimum Gasteiger partial charge on any atom is -0.387 e. The molecule has 0 bridgehead atoms. The van der Waals surface area contributed by atoms with Crippen molar-refractivity contribution in [1.82, 2.24) is 20.0 Å². The molecule has 0 saturated carbocycles. The number of ether oxygens (including phenoxy) is 1. The van der Waals surface area contributed by atoms with Crippen LogP contribution in [-0.4, -0.2) is 55.2 Å². The van der Waals surface area contributed by atoms with Crippen LogP contribution in [0, 0.1) is 0 Å². The molecule has 1 aliphatic heterocycles. The van der Waals surface area contributed by atoms with Crippen LogP contribution in [0.2, 0.25) is 10.0 Å². The van der Waals surface area contributed by atoms with Crippen molar-refractivity contribution in [3.8, 4) is 0 Å². The summed E-state index contributed by atoms with van der Waals surface area (Å²) in [5.74, 6) is 0.552. The smallest absolute Gasteiger partial charge is 0.164 e. The van der Waals surface area contributed by atoms with Crippen LogP contribution in [0.15, 0.2) is 36.8 Å². The van der Waals surface area contributed by atoms with Crippen molar-refractivity contribution in [2.75, 3.05) is 12.5 Å². The molecular weight excluding hydrogens is 421 g/mol. The number of hydrazine groups is 1. The van der Waals surface area contributed by atoms with Gasteiger partial charge in [0.15, 0.2) is 12.0 Å². The zero-order valence-corrected chi connectivity index (χ0v) is 16.7. The molecule has 11 heteroatoms. The largest absolute Gasteiger partial charge is 0.387 e. The molecule has 1 saturated heterocycles. The first-order valence-corrected chi connectivity index (χ1v) is 9.57. The second kappa shape index (κ2) is 8.04. The molecule has 0 amide bonds. The van der Waals surface area contributed by atoms with Crippen LogP contribution in [0.5, 0.6) is 0 Å². The van der Waals surface area contributed by atoms with Gasteiger partial charge in [0.2, 0.25) is 0 Å². The highest BCUT2D eigenvalue weighted by Crippen LogP contribution is 2.38. The van der Waals surface area contributed by atoms with Gasteiger partial charge in [0.05, 0.1) is 15.4 Å². The lowest BCUT2D eigenvalue weighted by Crippen LogP contribution is -2.34. The first-order valence-electron chi connectivity index (χ1n) is 8.81. The topological polar surface area (TPSA) is 125 Å². The average molecular weight is 440 g/mol. The van der Waals surface area contributed by atoms with Gasteiger partial charge in [0, 0.05) is 13.2 Å².